The van der Waals surface area contributed by atoms with Crippen LogP contribution in [0.4, 0.5) is 0 Å². The van der Waals surface area contributed by atoms with E-state index in [-0.39, 0.29) is 11.8 Å². The monoisotopic (exact) mass is 418 g/mol. The van der Waals surface area contributed by atoms with Crippen molar-refractivity contribution in [3.8, 4) is 0 Å². The molecule has 0 bridgehead atoms. The molecule has 0 aliphatic carbocycles. The number of carbonyl (C=O) groups is 2. The van der Waals surface area contributed by atoms with E-state index < -0.39 is 5.41 Å². The number of amides is 2. The third-order valence-corrected chi connectivity index (χ3v) is 4.32. The molecule has 0 atom stereocenters. The highest BCUT2D eigenvalue weighted by atomic mass is 16.2. The number of nitrogens with zero attached hydrogens (tertiary/aromatic N) is 3. The van der Waals surface area contributed by atoms with Crippen LogP contribution in [0, 0.1) is 12.3 Å². The highest BCUT2D eigenvalue weighted by Gasteiger charge is 2.26. The Bertz CT molecular complexity index is 734. The minimum absolute atomic E-state index is 0.0396. The van der Waals surface area contributed by atoms with Crippen LogP contribution in [0.3, 0.4) is 0 Å². The Labute approximate surface area is 183 Å². The molecule has 170 valence electrons. The van der Waals surface area contributed by atoms with Crippen LogP contribution in [0.15, 0.2) is 42.1 Å². The van der Waals surface area contributed by atoms with Crippen molar-refractivity contribution in [3.05, 3.63) is 53.5 Å². The molecule has 0 saturated carbocycles. The highest BCUT2D eigenvalue weighted by Crippen LogP contribution is 2.32. The van der Waals surface area contributed by atoms with Crippen molar-refractivity contribution in [2.75, 3.05) is 14.1 Å². The van der Waals surface area contributed by atoms with Gasteiger partial charge in [0.1, 0.15) is 0 Å². The average molecular weight is 419 g/mol. The molecular weight excluding hydrogens is 376 g/mol. The lowest BCUT2D eigenvalue weighted by Crippen LogP contribution is -2.29. The van der Waals surface area contributed by atoms with Gasteiger partial charge in [-0.25, -0.2) is 0 Å². The highest BCUT2D eigenvalue weighted by molar-refractivity contribution is 5.93. The number of rotatable bonds is 7. The van der Waals surface area contributed by atoms with Gasteiger partial charge in [0.2, 0.25) is 5.91 Å². The zero-order valence-corrected chi connectivity index (χ0v) is 20.9. The maximum absolute atomic E-state index is 12.4. The summed E-state index contributed by atoms with van der Waals surface area (Å²) in [5.41, 5.74) is 2.36. The molecule has 0 saturated heterocycles. The Hall–Kier alpha value is -2.63. The first kappa shape index (κ1) is 29.6. The maximum Gasteiger partial charge on any atom is 0.276 e. The van der Waals surface area contributed by atoms with Gasteiger partial charge in [0.15, 0.2) is 5.69 Å². The SMILES string of the molecule is C=C/C(=C\C(=C/C)NC(=O)c1cc(C)n(C)n1)C(C)(C)CC(=O)N(C)C.CC.CC. The fourth-order valence-corrected chi connectivity index (χ4v) is 2.39. The first-order valence-electron chi connectivity index (χ1n) is 10.5. The van der Waals surface area contributed by atoms with Gasteiger partial charge in [-0.2, -0.15) is 5.10 Å². The summed E-state index contributed by atoms with van der Waals surface area (Å²) in [6.45, 7) is 19.6. The van der Waals surface area contributed by atoms with Gasteiger partial charge in [0.05, 0.1) is 0 Å². The van der Waals surface area contributed by atoms with Crippen LogP contribution in [-0.2, 0) is 11.8 Å². The van der Waals surface area contributed by atoms with Crippen LogP contribution in [0.1, 0.15) is 71.1 Å². The lowest BCUT2D eigenvalue weighted by atomic mass is 9.80. The summed E-state index contributed by atoms with van der Waals surface area (Å²) >= 11 is 0. The van der Waals surface area contributed by atoms with Gasteiger partial charge in [-0.3, -0.25) is 14.3 Å². The molecule has 30 heavy (non-hydrogen) atoms. The van der Waals surface area contributed by atoms with Crippen molar-refractivity contribution in [2.24, 2.45) is 12.5 Å². The van der Waals surface area contributed by atoms with E-state index in [2.05, 4.69) is 17.0 Å². The molecule has 6 nitrogen and oxygen atoms in total. The summed E-state index contributed by atoms with van der Waals surface area (Å²) in [5.74, 6) is -0.235. The third kappa shape index (κ3) is 9.25. The summed E-state index contributed by atoms with van der Waals surface area (Å²) in [7, 11) is 5.27. The van der Waals surface area contributed by atoms with Crippen LogP contribution in [0.25, 0.3) is 0 Å². The molecule has 0 spiro atoms. The van der Waals surface area contributed by atoms with Crippen LogP contribution in [-0.4, -0.2) is 40.6 Å². The number of allylic oxidation sites excluding steroid dienone is 4. The van der Waals surface area contributed by atoms with Gasteiger partial charge in [-0.1, -0.05) is 60.3 Å². The summed E-state index contributed by atoms with van der Waals surface area (Å²) in [6, 6.07) is 1.74. The molecule has 1 rings (SSSR count). The van der Waals surface area contributed by atoms with E-state index in [1.54, 1.807) is 48.9 Å². The van der Waals surface area contributed by atoms with Crippen LogP contribution in [0.2, 0.25) is 0 Å². The molecule has 1 heterocycles. The molecular formula is C24H42N4O2. The topological polar surface area (TPSA) is 67.2 Å². The summed E-state index contributed by atoms with van der Waals surface area (Å²) in [4.78, 5) is 26.1. The Morgan fingerprint density at radius 3 is 2.13 bits per heavy atom. The van der Waals surface area contributed by atoms with Crippen molar-refractivity contribution in [1.29, 1.82) is 0 Å². The molecule has 0 aromatic carbocycles. The van der Waals surface area contributed by atoms with Crippen molar-refractivity contribution in [3.63, 3.8) is 0 Å². The Balaban J connectivity index is 0. The van der Waals surface area contributed by atoms with Crippen molar-refractivity contribution in [1.82, 2.24) is 20.0 Å². The number of carbonyl (C=O) groups excluding carboxylic acids is 2. The predicted molar refractivity (Wildman–Crippen MR) is 127 cm³/mol. The zero-order chi connectivity index (χ0) is 24.1. The number of aromatic nitrogens is 2. The third-order valence-electron chi connectivity index (χ3n) is 4.32. The lowest BCUT2D eigenvalue weighted by molar-refractivity contribution is -0.130. The fraction of sp³-hybridized carbons (Fsp3) is 0.542. The van der Waals surface area contributed by atoms with E-state index in [0.717, 1.165) is 11.3 Å². The minimum Gasteiger partial charge on any atom is -0.349 e. The molecule has 0 unspecified atom stereocenters. The van der Waals surface area contributed by atoms with Crippen molar-refractivity contribution < 1.29 is 9.59 Å². The predicted octanol–water partition coefficient (Wildman–Crippen LogP) is 5.03. The van der Waals surface area contributed by atoms with Gasteiger partial charge < -0.3 is 10.2 Å². The molecule has 0 aliphatic rings. The molecule has 0 fully saturated rings. The van der Waals surface area contributed by atoms with E-state index in [1.165, 1.54) is 0 Å². The number of aryl methyl sites for hydroxylation is 2. The maximum atomic E-state index is 12.4. The first-order chi connectivity index (χ1) is 14.0. The molecule has 1 N–H and O–H groups in total. The van der Waals surface area contributed by atoms with Gasteiger partial charge >= 0.3 is 0 Å². The number of hydrogen-bond acceptors (Lipinski definition) is 3. The first-order valence-corrected chi connectivity index (χ1v) is 10.5. The number of nitrogens with one attached hydrogen (secondary N) is 1. The summed E-state index contributed by atoms with van der Waals surface area (Å²) in [6.07, 6.45) is 5.73. The van der Waals surface area contributed by atoms with Crippen molar-refractivity contribution >= 4 is 11.8 Å². The molecule has 2 amide bonds. The standard InChI is InChI=1S/C20H30N4O2.2C2H6/c1-9-15(20(4,5)13-18(25)23(6)7)12-16(10-2)21-19(26)17-11-14(3)24(8)22-17;2*1-2/h9-12H,1,13H2,2-8H3,(H,21,26);2*1-2H3/b15-12+,16-10+;;. The van der Waals surface area contributed by atoms with Gasteiger partial charge in [0.25, 0.3) is 5.91 Å². The van der Waals surface area contributed by atoms with E-state index in [9.17, 15) is 9.59 Å². The van der Waals surface area contributed by atoms with Gasteiger partial charge in [-0.15, -0.1) is 0 Å². The van der Waals surface area contributed by atoms with Crippen LogP contribution >= 0.6 is 0 Å². The van der Waals surface area contributed by atoms with Crippen molar-refractivity contribution in [2.45, 2.75) is 61.8 Å². The Morgan fingerprint density at radius 2 is 1.77 bits per heavy atom. The number of hydrogen-bond donors (Lipinski definition) is 1. The summed E-state index contributed by atoms with van der Waals surface area (Å²) < 4.78 is 1.66. The van der Waals surface area contributed by atoms with Crippen LogP contribution < -0.4 is 5.32 Å². The Morgan fingerprint density at radius 1 is 1.23 bits per heavy atom. The largest absolute Gasteiger partial charge is 0.349 e. The molecule has 0 aliphatic heterocycles. The molecule has 6 heteroatoms. The average Bonchev–Trinajstić information content (AvgIpc) is 3.06. The lowest BCUT2D eigenvalue weighted by Gasteiger charge is -2.27. The minimum atomic E-state index is -0.413. The smallest absolute Gasteiger partial charge is 0.276 e. The van der Waals surface area contributed by atoms with E-state index in [4.69, 9.17) is 0 Å². The van der Waals surface area contributed by atoms with Crippen LogP contribution in [0.5, 0.6) is 0 Å². The molecule has 1 aromatic heterocycles. The molecule has 0 radical (unpaired) electrons. The zero-order valence-electron chi connectivity index (χ0n) is 20.9. The second-order valence-electron chi connectivity index (χ2n) is 7.15. The van der Waals surface area contributed by atoms with E-state index in [0.29, 0.717) is 17.8 Å². The second-order valence-corrected chi connectivity index (χ2v) is 7.15. The van der Waals surface area contributed by atoms with E-state index in [1.807, 2.05) is 61.5 Å². The fourth-order valence-electron chi connectivity index (χ4n) is 2.39. The van der Waals surface area contributed by atoms with Gasteiger partial charge in [-0.05, 0) is 37.0 Å². The Kier molecular flexibility index (Phi) is 14.2. The quantitative estimate of drug-likeness (QED) is 0.631. The second kappa shape index (κ2) is 14.4. The van der Waals surface area contributed by atoms with Gasteiger partial charge in [0, 0.05) is 39.0 Å². The summed E-state index contributed by atoms with van der Waals surface area (Å²) in [5, 5.41) is 7.05. The normalized spacial score (nSPS) is 11.4. The molecule has 1 aromatic rings. The van der Waals surface area contributed by atoms with E-state index >= 15 is 0 Å².